The zero-order valence-corrected chi connectivity index (χ0v) is 28.0. The Bertz CT molecular complexity index is 2410. The number of fused-ring (bicyclic) bond motifs is 1. The van der Waals surface area contributed by atoms with Crippen molar-refractivity contribution in [3.8, 4) is 10.6 Å². The van der Waals surface area contributed by atoms with Crippen LogP contribution < -0.4 is 16.1 Å². The highest BCUT2D eigenvalue weighted by Crippen LogP contribution is 2.37. The second kappa shape index (κ2) is 12.7. The maximum absolute atomic E-state index is 12.6. The molecule has 49 heavy (non-hydrogen) atoms. The number of thiazole rings is 1. The Morgan fingerprint density at radius 1 is 0.959 bits per heavy atom. The molecule has 6 rings (SSSR count). The van der Waals surface area contributed by atoms with E-state index in [4.69, 9.17) is 5.73 Å². The van der Waals surface area contributed by atoms with Gasteiger partial charge in [0.15, 0.2) is 12.3 Å². The SMILES string of the molecule is CC1=NN(c2ccc(-c3nc4ccc(C)c(S(=O)(=O)O)c4s3)cc2)[C@@H](O)[C@@H]1N=Nc1ccc(NC(=O)c2cccc(N)c2)cc1S(=O)(=O)O. The minimum Gasteiger partial charge on any atom is -0.399 e. The molecular formula is C31H27N7O8S3. The number of carbonyl (C=O) groups excluding carboxylic acids is 1. The van der Waals surface area contributed by atoms with Crippen LogP contribution in [0, 0.1) is 6.92 Å². The fourth-order valence-corrected chi connectivity index (χ4v) is 8.11. The molecule has 0 saturated heterocycles. The van der Waals surface area contributed by atoms with E-state index in [1.807, 2.05) is 0 Å². The van der Waals surface area contributed by atoms with Crippen LogP contribution in [0.3, 0.4) is 0 Å². The van der Waals surface area contributed by atoms with Gasteiger partial charge in [0.1, 0.15) is 20.5 Å². The summed E-state index contributed by atoms with van der Waals surface area (Å²) in [6.45, 7) is 3.19. The normalized spacial score (nSPS) is 16.8. The standard InChI is InChI=1S/C31H27N7O8S3/c1-16-6-12-24-27(28(16)49(44,45)46)47-30(34-24)18-7-10-22(11-8-18)38-31(40)26(17(2)37-38)36-35-23-13-9-21(15-25(23)48(41,42)43)33-29(39)19-4-3-5-20(32)14-19/h3-15,26,31,40H,32H2,1-2H3,(H,33,39)(H,41,42,43)(H,44,45,46)/t26-,31+/m1/s1. The van der Waals surface area contributed by atoms with Crippen molar-refractivity contribution in [2.45, 2.75) is 35.9 Å². The predicted octanol–water partition coefficient (Wildman–Crippen LogP) is 5.27. The lowest BCUT2D eigenvalue weighted by Crippen LogP contribution is -2.35. The number of hydrogen-bond acceptors (Lipinski definition) is 13. The minimum absolute atomic E-state index is 0.0621. The summed E-state index contributed by atoms with van der Waals surface area (Å²) in [5.74, 6) is -0.557. The van der Waals surface area contributed by atoms with Crippen LogP contribution in [-0.4, -0.2) is 59.9 Å². The molecule has 0 saturated carbocycles. The van der Waals surface area contributed by atoms with E-state index in [1.54, 1.807) is 62.4 Å². The first-order valence-corrected chi connectivity index (χ1v) is 18.0. The van der Waals surface area contributed by atoms with Crippen LogP contribution in [0.4, 0.5) is 22.7 Å². The van der Waals surface area contributed by atoms with Crippen molar-refractivity contribution in [2.75, 3.05) is 16.1 Å². The van der Waals surface area contributed by atoms with E-state index in [0.717, 1.165) is 17.4 Å². The molecule has 1 aliphatic rings. The topological polar surface area (TPSA) is 237 Å². The van der Waals surface area contributed by atoms with Crippen molar-refractivity contribution >= 4 is 76.2 Å². The van der Waals surface area contributed by atoms with Crippen LogP contribution >= 0.6 is 11.3 Å². The lowest BCUT2D eigenvalue weighted by atomic mass is 10.1. The van der Waals surface area contributed by atoms with Gasteiger partial charge in [-0.1, -0.05) is 12.1 Å². The Morgan fingerprint density at radius 3 is 2.37 bits per heavy atom. The summed E-state index contributed by atoms with van der Waals surface area (Å²) in [5, 5.41) is 28.0. The molecular weight excluding hydrogens is 695 g/mol. The number of carbonyl (C=O) groups is 1. The predicted molar refractivity (Wildman–Crippen MR) is 185 cm³/mol. The average molecular weight is 722 g/mol. The fourth-order valence-electron chi connectivity index (χ4n) is 5.15. The molecule has 0 aliphatic carbocycles. The summed E-state index contributed by atoms with van der Waals surface area (Å²) in [5.41, 5.74) is 8.45. The molecule has 2 atom stereocenters. The Balaban J connectivity index is 1.21. The van der Waals surface area contributed by atoms with Crippen molar-refractivity contribution < 1.29 is 35.8 Å². The summed E-state index contributed by atoms with van der Waals surface area (Å²) in [6, 6.07) is 18.8. The number of nitrogens with zero attached hydrogens (tertiary/aromatic N) is 5. The number of hydrazone groups is 1. The zero-order chi connectivity index (χ0) is 35.2. The van der Waals surface area contributed by atoms with Gasteiger partial charge in [0.05, 0.1) is 21.6 Å². The van der Waals surface area contributed by atoms with Crippen molar-refractivity contribution in [2.24, 2.45) is 15.3 Å². The van der Waals surface area contributed by atoms with Crippen molar-refractivity contribution in [1.29, 1.82) is 0 Å². The zero-order valence-electron chi connectivity index (χ0n) is 25.6. The van der Waals surface area contributed by atoms with E-state index < -0.39 is 43.3 Å². The largest absolute Gasteiger partial charge is 0.399 e. The molecule has 18 heteroatoms. The number of aryl methyl sites for hydroxylation is 1. The quantitative estimate of drug-likeness (QED) is 0.0786. The first-order valence-electron chi connectivity index (χ1n) is 14.3. The molecule has 0 unspecified atom stereocenters. The first-order chi connectivity index (χ1) is 23.1. The highest BCUT2D eigenvalue weighted by molar-refractivity contribution is 7.86. The molecule has 0 fully saturated rings. The van der Waals surface area contributed by atoms with Gasteiger partial charge in [0.25, 0.3) is 26.1 Å². The Kier molecular flexibility index (Phi) is 8.78. The van der Waals surface area contributed by atoms with E-state index in [-0.39, 0.29) is 21.8 Å². The molecule has 4 aromatic carbocycles. The van der Waals surface area contributed by atoms with Crippen LogP contribution in [0.25, 0.3) is 20.8 Å². The maximum Gasteiger partial charge on any atom is 0.296 e. The minimum atomic E-state index is -4.81. The molecule has 0 spiro atoms. The Hall–Kier alpha value is -5.11. The summed E-state index contributed by atoms with van der Waals surface area (Å²) < 4.78 is 68.4. The van der Waals surface area contributed by atoms with Gasteiger partial charge in [0, 0.05) is 22.5 Å². The van der Waals surface area contributed by atoms with Gasteiger partial charge >= 0.3 is 0 Å². The molecule has 252 valence electrons. The van der Waals surface area contributed by atoms with Crippen LogP contribution in [0.5, 0.6) is 0 Å². The highest BCUT2D eigenvalue weighted by Gasteiger charge is 2.35. The van der Waals surface area contributed by atoms with E-state index in [1.165, 1.54) is 29.3 Å². The highest BCUT2D eigenvalue weighted by atomic mass is 32.2. The third kappa shape index (κ3) is 6.91. The number of nitrogens with two attached hydrogens (primary N) is 1. The number of aliphatic hydroxyl groups excluding tert-OH is 1. The maximum atomic E-state index is 12.6. The molecule has 15 nitrogen and oxygen atoms in total. The molecule has 0 radical (unpaired) electrons. The summed E-state index contributed by atoms with van der Waals surface area (Å²) >= 11 is 1.11. The van der Waals surface area contributed by atoms with Crippen LogP contribution in [0.15, 0.2) is 104 Å². The number of benzene rings is 4. The van der Waals surface area contributed by atoms with Crippen molar-refractivity contribution in [1.82, 2.24) is 4.98 Å². The number of nitrogens with one attached hydrogen (secondary N) is 1. The van der Waals surface area contributed by atoms with Gasteiger partial charge in [0.2, 0.25) is 0 Å². The number of hydrogen-bond donors (Lipinski definition) is 5. The number of anilines is 3. The Morgan fingerprint density at radius 2 is 1.69 bits per heavy atom. The van der Waals surface area contributed by atoms with Crippen LogP contribution in [-0.2, 0) is 20.2 Å². The lowest BCUT2D eigenvalue weighted by Gasteiger charge is -2.21. The summed E-state index contributed by atoms with van der Waals surface area (Å²) in [4.78, 5) is 16.3. The number of amides is 1. The van der Waals surface area contributed by atoms with Gasteiger partial charge in [-0.05, 0) is 86.1 Å². The van der Waals surface area contributed by atoms with Gasteiger partial charge in [-0.15, -0.1) is 11.3 Å². The molecule has 5 aromatic rings. The molecule has 0 bridgehead atoms. The van der Waals surface area contributed by atoms with Crippen LogP contribution in [0.2, 0.25) is 0 Å². The van der Waals surface area contributed by atoms with Gasteiger partial charge in [-0.25, -0.2) is 9.99 Å². The second-order valence-electron chi connectivity index (χ2n) is 11.0. The number of aromatic nitrogens is 1. The second-order valence-corrected chi connectivity index (χ2v) is 14.7. The third-order valence-electron chi connectivity index (χ3n) is 7.51. The van der Waals surface area contributed by atoms with Gasteiger partial charge < -0.3 is 16.2 Å². The third-order valence-corrected chi connectivity index (χ3v) is 10.7. The van der Waals surface area contributed by atoms with E-state index in [0.29, 0.717) is 43.4 Å². The fraction of sp³-hybridized carbons (Fsp3) is 0.129. The molecule has 1 aliphatic heterocycles. The number of nitrogen functional groups attached to an aromatic ring is 1. The Labute approximate surface area is 284 Å². The average Bonchev–Trinajstić information content (AvgIpc) is 3.59. The van der Waals surface area contributed by atoms with Crippen molar-refractivity contribution in [3.63, 3.8) is 0 Å². The summed E-state index contributed by atoms with van der Waals surface area (Å²) in [7, 11) is -9.28. The van der Waals surface area contributed by atoms with E-state index in [2.05, 4.69) is 25.6 Å². The smallest absolute Gasteiger partial charge is 0.296 e. The van der Waals surface area contributed by atoms with Gasteiger partial charge in [-0.3, -0.25) is 13.9 Å². The van der Waals surface area contributed by atoms with Gasteiger partial charge in [-0.2, -0.15) is 32.2 Å². The van der Waals surface area contributed by atoms with Crippen LogP contribution in [0.1, 0.15) is 22.8 Å². The van der Waals surface area contributed by atoms with E-state index >= 15 is 0 Å². The molecule has 2 heterocycles. The molecule has 1 amide bonds. The number of aliphatic hydroxyl groups is 1. The first kappa shape index (κ1) is 33.8. The number of rotatable bonds is 8. The number of azo groups is 1. The van der Waals surface area contributed by atoms with Crippen molar-refractivity contribution in [3.05, 3.63) is 90.0 Å². The monoisotopic (exact) mass is 721 g/mol. The molecule has 1 aromatic heterocycles. The van der Waals surface area contributed by atoms with E-state index in [9.17, 15) is 35.8 Å². The lowest BCUT2D eigenvalue weighted by molar-refractivity contribution is 0.102. The summed E-state index contributed by atoms with van der Waals surface area (Å²) in [6.07, 6.45) is -1.33. The molecule has 6 N–H and O–H groups in total.